The van der Waals surface area contributed by atoms with Gasteiger partial charge in [0, 0.05) is 24.3 Å². The maximum Gasteiger partial charge on any atom is 0.258 e. The van der Waals surface area contributed by atoms with E-state index in [1.807, 2.05) is 59.5 Å². The van der Waals surface area contributed by atoms with Crippen LogP contribution in [0.2, 0.25) is 0 Å². The van der Waals surface area contributed by atoms with Gasteiger partial charge in [-0.3, -0.25) is 4.79 Å². The third kappa shape index (κ3) is 4.58. The molecule has 118 valence electrons. The van der Waals surface area contributed by atoms with Gasteiger partial charge in [-0.2, -0.15) is 0 Å². The number of anilines is 1. The van der Waals surface area contributed by atoms with E-state index in [9.17, 15) is 4.79 Å². The summed E-state index contributed by atoms with van der Waals surface area (Å²) >= 11 is 0. The predicted octanol–water partition coefficient (Wildman–Crippen LogP) is 4.01. The Balaban J connectivity index is 0.00000242. The smallest absolute Gasteiger partial charge is 0.258 e. The number of carbonyl (C=O) groups is 1. The zero-order valence-electron chi connectivity index (χ0n) is 12.9. The highest BCUT2D eigenvalue weighted by molar-refractivity contribution is 6.06. The third-order valence-corrected chi connectivity index (χ3v) is 3.48. The number of nitrogens with zero attached hydrogens (tertiary/aromatic N) is 1. The number of unbranched alkanes of at least 4 members (excludes halogenated alkanes) is 1. The van der Waals surface area contributed by atoms with Crippen LogP contribution in [0.5, 0.6) is 0 Å². The second kappa shape index (κ2) is 9.23. The molecule has 2 aromatic rings. The summed E-state index contributed by atoms with van der Waals surface area (Å²) in [5.41, 5.74) is 8.28. The fraction of sp³-hybridized carbons (Fsp3) is 0.278. The Morgan fingerprint density at radius 3 is 2.23 bits per heavy atom. The highest BCUT2D eigenvalue weighted by Crippen LogP contribution is 2.18. The fourth-order valence-corrected chi connectivity index (χ4v) is 2.21. The quantitative estimate of drug-likeness (QED) is 0.874. The number of benzene rings is 2. The number of para-hydroxylation sites is 1. The highest BCUT2D eigenvalue weighted by atomic mass is 35.5. The SMILES string of the molecule is CCCCN(C(=O)c1ccc(CN)cc1)c1ccccc1.Cl. The molecule has 2 N–H and O–H groups in total. The Morgan fingerprint density at radius 1 is 1.05 bits per heavy atom. The Bertz CT molecular complexity index is 569. The molecule has 0 saturated heterocycles. The molecule has 0 aromatic heterocycles. The molecular weight excluding hydrogens is 296 g/mol. The minimum absolute atomic E-state index is 0. The van der Waals surface area contributed by atoms with E-state index in [1.165, 1.54) is 0 Å². The number of hydrogen-bond acceptors (Lipinski definition) is 2. The van der Waals surface area contributed by atoms with Gasteiger partial charge in [-0.25, -0.2) is 0 Å². The van der Waals surface area contributed by atoms with Crippen LogP contribution in [0.15, 0.2) is 54.6 Å². The van der Waals surface area contributed by atoms with Gasteiger partial charge in [0.1, 0.15) is 0 Å². The zero-order chi connectivity index (χ0) is 15.1. The van der Waals surface area contributed by atoms with Gasteiger partial charge >= 0.3 is 0 Å². The minimum atomic E-state index is 0. The molecule has 4 heteroatoms. The summed E-state index contributed by atoms with van der Waals surface area (Å²) in [5.74, 6) is 0.0400. The van der Waals surface area contributed by atoms with Crippen molar-refractivity contribution < 1.29 is 4.79 Å². The van der Waals surface area contributed by atoms with Crippen molar-refractivity contribution >= 4 is 24.0 Å². The molecule has 0 saturated carbocycles. The molecular formula is C18H23ClN2O. The minimum Gasteiger partial charge on any atom is -0.326 e. The van der Waals surface area contributed by atoms with Gasteiger partial charge < -0.3 is 10.6 Å². The van der Waals surface area contributed by atoms with Crippen molar-refractivity contribution in [2.45, 2.75) is 26.3 Å². The fourth-order valence-electron chi connectivity index (χ4n) is 2.21. The van der Waals surface area contributed by atoms with Crippen molar-refractivity contribution in [1.29, 1.82) is 0 Å². The molecule has 1 amide bonds. The van der Waals surface area contributed by atoms with E-state index in [0.29, 0.717) is 12.1 Å². The summed E-state index contributed by atoms with van der Waals surface area (Å²) < 4.78 is 0. The number of halogens is 1. The lowest BCUT2D eigenvalue weighted by Crippen LogP contribution is -2.31. The normalized spacial score (nSPS) is 9.91. The molecule has 2 aromatic carbocycles. The van der Waals surface area contributed by atoms with Gasteiger partial charge in [-0.05, 0) is 36.2 Å². The van der Waals surface area contributed by atoms with Crippen LogP contribution in [0.3, 0.4) is 0 Å². The lowest BCUT2D eigenvalue weighted by Gasteiger charge is -2.23. The topological polar surface area (TPSA) is 46.3 Å². The number of amides is 1. The molecule has 0 atom stereocenters. The van der Waals surface area contributed by atoms with Crippen LogP contribution in [0.25, 0.3) is 0 Å². The number of rotatable bonds is 6. The average Bonchev–Trinajstić information content (AvgIpc) is 2.56. The molecule has 0 aliphatic heterocycles. The van der Waals surface area contributed by atoms with E-state index in [1.54, 1.807) is 0 Å². The van der Waals surface area contributed by atoms with Gasteiger partial charge in [0.25, 0.3) is 5.91 Å². The molecule has 0 spiro atoms. The van der Waals surface area contributed by atoms with E-state index < -0.39 is 0 Å². The summed E-state index contributed by atoms with van der Waals surface area (Å²) in [5, 5.41) is 0. The summed E-state index contributed by atoms with van der Waals surface area (Å²) in [4.78, 5) is 14.6. The van der Waals surface area contributed by atoms with Crippen LogP contribution < -0.4 is 10.6 Å². The van der Waals surface area contributed by atoms with Crippen LogP contribution in [0, 0.1) is 0 Å². The van der Waals surface area contributed by atoms with Gasteiger partial charge in [0.15, 0.2) is 0 Å². The van der Waals surface area contributed by atoms with Crippen molar-refractivity contribution in [2.75, 3.05) is 11.4 Å². The maximum absolute atomic E-state index is 12.7. The van der Waals surface area contributed by atoms with E-state index in [2.05, 4.69) is 6.92 Å². The van der Waals surface area contributed by atoms with Crippen molar-refractivity contribution in [3.63, 3.8) is 0 Å². The monoisotopic (exact) mass is 318 g/mol. The van der Waals surface area contributed by atoms with Crippen LogP contribution >= 0.6 is 12.4 Å². The first-order chi connectivity index (χ1) is 10.3. The number of hydrogen-bond donors (Lipinski definition) is 1. The van der Waals surface area contributed by atoms with E-state index >= 15 is 0 Å². The Kier molecular flexibility index (Phi) is 7.64. The zero-order valence-corrected chi connectivity index (χ0v) is 13.7. The molecule has 0 radical (unpaired) electrons. The number of nitrogens with two attached hydrogens (primary N) is 1. The van der Waals surface area contributed by atoms with Gasteiger partial charge in [0.05, 0.1) is 0 Å². The maximum atomic E-state index is 12.7. The number of carbonyl (C=O) groups excluding carboxylic acids is 1. The highest BCUT2D eigenvalue weighted by Gasteiger charge is 2.16. The van der Waals surface area contributed by atoms with Crippen LogP contribution in [0.4, 0.5) is 5.69 Å². The van der Waals surface area contributed by atoms with E-state index in [-0.39, 0.29) is 18.3 Å². The summed E-state index contributed by atoms with van der Waals surface area (Å²) in [6.45, 7) is 3.36. The van der Waals surface area contributed by atoms with E-state index in [4.69, 9.17) is 5.73 Å². The van der Waals surface area contributed by atoms with Crippen LogP contribution in [-0.2, 0) is 6.54 Å². The summed E-state index contributed by atoms with van der Waals surface area (Å²) in [6, 6.07) is 17.4. The first-order valence-corrected chi connectivity index (χ1v) is 7.42. The van der Waals surface area contributed by atoms with Crippen molar-refractivity contribution in [3.05, 3.63) is 65.7 Å². The Morgan fingerprint density at radius 2 is 1.68 bits per heavy atom. The van der Waals surface area contributed by atoms with Gasteiger partial charge in [-0.1, -0.05) is 43.7 Å². The molecule has 0 heterocycles. The first-order valence-electron chi connectivity index (χ1n) is 7.42. The first kappa shape index (κ1) is 18.2. The summed E-state index contributed by atoms with van der Waals surface area (Å²) in [6.07, 6.45) is 2.05. The molecule has 2 rings (SSSR count). The second-order valence-electron chi connectivity index (χ2n) is 5.05. The lowest BCUT2D eigenvalue weighted by molar-refractivity contribution is 0.0986. The molecule has 0 fully saturated rings. The molecule has 22 heavy (non-hydrogen) atoms. The molecule has 0 unspecified atom stereocenters. The third-order valence-electron chi connectivity index (χ3n) is 3.48. The van der Waals surface area contributed by atoms with Crippen molar-refractivity contribution in [2.24, 2.45) is 5.73 Å². The second-order valence-corrected chi connectivity index (χ2v) is 5.05. The molecule has 0 aliphatic carbocycles. The standard InChI is InChI=1S/C18H22N2O.ClH/c1-2-3-13-20(17-7-5-4-6-8-17)18(21)16-11-9-15(14-19)10-12-16;/h4-12H,2-3,13-14,19H2,1H3;1H. The molecule has 0 bridgehead atoms. The van der Waals surface area contributed by atoms with Gasteiger partial charge in [0.2, 0.25) is 0 Å². The van der Waals surface area contributed by atoms with E-state index in [0.717, 1.165) is 30.6 Å². The molecule has 3 nitrogen and oxygen atoms in total. The Hall–Kier alpha value is -1.84. The lowest BCUT2D eigenvalue weighted by atomic mass is 10.1. The largest absolute Gasteiger partial charge is 0.326 e. The van der Waals surface area contributed by atoms with Crippen LogP contribution in [0.1, 0.15) is 35.7 Å². The van der Waals surface area contributed by atoms with Gasteiger partial charge in [-0.15, -0.1) is 12.4 Å². The van der Waals surface area contributed by atoms with Crippen molar-refractivity contribution in [3.8, 4) is 0 Å². The van der Waals surface area contributed by atoms with Crippen LogP contribution in [-0.4, -0.2) is 12.5 Å². The average molecular weight is 319 g/mol. The van der Waals surface area contributed by atoms with Crippen molar-refractivity contribution in [1.82, 2.24) is 0 Å². The molecule has 0 aliphatic rings. The predicted molar refractivity (Wildman–Crippen MR) is 94.6 cm³/mol. The summed E-state index contributed by atoms with van der Waals surface area (Å²) in [7, 11) is 0. The Labute approximate surface area is 138 Å².